The van der Waals surface area contributed by atoms with Gasteiger partial charge in [0.2, 0.25) is 5.43 Å². The molecule has 31 heavy (non-hydrogen) atoms. The van der Waals surface area contributed by atoms with E-state index in [1.54, 1.807) is 25.1 Å². The fourth-order valence-corrected chi connectivity index (χ4v) is 3.90. The van der Waals surface area contributed by atoms with Crippen LogP contribution in [0.1, 0.15) is 40.2 Å². The average Bonchev–Trinajstić information content (AvgIpc) is 3.27. The molecule has 0 radical (unpaired) electrons. The van der Waals surface area contributed by atoms with Crippen LogP contribution in [-0.2, 0) is 13.1 Å². The van der Waals surface area contributed by atoms with Crippen LogP contribution in [0, 0.1) is 12.7 Å². The molecule has 1 aliphatic rings. The lowest BCUT2D eigenvalue weighted by Gasteiger charge is -2.18. The highest BCUT2D eigenvalue weighted by Crippen LogP contribution is 2.16. The van der Waals surface area contributed by atoms with E-state index < -0.39 is 17.2 Å². The number of halogens is 1. The first-order chi connectivity index (χ1) is 15.0. The third kappa shape index (κ3) is 4.72. The van der Waals surface area contributed by atoms with Gasteiger partial charge in [0, 0.05) is 24.8 Å². The first kappa shape index (κ1) is 20.9. The average molecular weight is 420 g/mol. The Balaban J connectivity index is 1.54. The largest absolute Gasteiger partial charge is 0.346 e. The number of amides is 1. The number of likely N-dealkylation sites (tertiary alicyclic amines) is 1. The number of nitrogens with zero attached hydrogens (tertiary/aromatic N) is 3. The summed E-state index contributed by atoms with van der Waals surface area (Å²) in [5, 5.41) is 6.97. The summed E-state index contributed by atoms with van der Waals surface area (Å²) >= 11 is 0. The molecule has 0 saturated carbocycles. The van der Waals surface area contributed by atoms with Crippen LogP contribution in [0.15, 0.2) is 59.4 Å². The van der Waals surface area contributed by atoms with E-state index in [9.17, 15) is 14.0 Å². The van der Waals surface area contributed by atoms with Gasteiger partial charge in [-0.25, -0.2) is 9.07 Å². The minimum atomic E-state index is -0.578. The number of aryl methyl sites for hydroxylation is 1. The zero-order valence-electron chi connectivity index (χ0n) is 17.5. The lowest BCUT2D eigenvalue weighted by atomic mass is 10.1. The number of benzene rings is 2. The molecule has 1 fully saturated rings. The molecule has 0 bridgehead atoms. The smallest absolute Gasteiger partial charge is 0.276 e. The molecule has 1 aromatic heterocycles. The van der Waals surface area contributed by atoms with E-state index in [0.717, 1.165) is 30.8 Å². The summed E-state index contributed by atoms with van der Waals surface area (Å²) in [6, 6.07) is 15.4. The molecule has 0 unspecified atom stereocenters. The number of hydrogen-bond donors (Lipinski definition) is 1. The Morgan fingerprint density at radius 3 is 2.48 bits per heavy atom. The molecule has 7 heteroatoms. The van der Waals surface area contributed by atoms with Crippen molar-refractivity contribution < 1.29 is 9.18 Å². The van der Waals surface area contributed by atoms with Crippen molar-refractivity contribution in [2.24, 2.45) is 0 Å². The van der Waals surface area contributed by atoms with Crippen LogP contribution in [0.25, 0.3) is 5.69 Å². The Hall–Kier alpha value is -3.32. The fourth-order valence-electron chi connectivity index (χ4n) is 3.90. The number of carbonyl (C=O) groups is 1. The summed E-state index contributed by atoms with van der Waals surface area (Å²) in [5.74, 6) is -1.06. The van der Waals surface area contributed by atoms with Crippen LogP contribution in [0.4, 0.5) is 4.39 Å². The Morgan fingerprint density at radius 1 is 1.06 bits per heavy atom. The molecule has 0 spiro atoms. The van der Waals surface area contributed by atoms with Gasteiger partial charge in [-0.3, -0.25) is 14.5 Å². The molecule has 6 nitrogen and oxygen atoms in total. The third-order valence-electron chi connectivity index (χ3n) is 5.55. The number of rotatable bonds is 6. The lowest BCUT2D eigenvalue weighted by molar-refractivity contribution is 0.0942. The highest BCUT2D eigenvalue weighted by Gasteiger charge is 2.18. The molecule has 4 rings (SSSR count). The number of aromatic nitrogens is 2. The highest BCUT2D eigenvalue weighted by atomic mass is 19.1. The van der Waals surface area contributed by atoms with Crippen molar-refractivity contribution >= 4 is 5.91 Å². The Morgan fingerprint density at radius 2 is 1.74 bits per heavy atom. The SMILES string of the molecule is Cc1cc(=O)c(C(=O)NCc2ccccc2CN2CCCC2)nn1-c1ccccc1F. The van der Waals surface area contributed by atoms with Gasteiger partial charge in [0.25, 0.3) is 5.91 Å². The summed E-state index contributed by atoms with van der Waals surface area (Å²) in [7, 11) is 0. The van der Waals surface area contributed by atoms with Gasteiger partial charge in [-0.05, 0) is 56.1 Å². The number of hydrogen-bond acceptors (Lipinski definition) is 4. The van der Waals surface area contributed by atoms with E-state index in [4.69, 9.17) is 0 Å². The molecule has 1 N–H and O–H groups in total. The molecule has 1 amide bonds. The minimum absolute atomic E-state index is 0.185. The molecule has 2 heterocycles. The molecular formula is C24H25FN4O2. The van der Waals surface area contributed by atoms with Gasteiger partial charge in [0.15, 0.2) is 5.69 Å². The Kier molecular flexibility index (Phi) is 6.23. The van der Waals surface area contributed by atoms with E-state index in [1.807, 2.05) is 18.2 Å². The predicted molar refractivity (Wildman–Crippen MR) is 117 cm³/mol. The van der Waals surface area contributed by atoms with Crippen LogP contribution >= 0.6 is 0 Å². The second-order valence-electron chi connectivity index (χ2n) is 7.80. The van der Waals surface area contributed by atoms with Gasteiger partial charge in [0.05, 0.1) is 0 Å². The standard InChI is InChI=1S/C24H25FN4O2/c1-17-14-22(30)23(27-29(17)21-11-5-4-10-20(21)25)24(31)26-15-18-8-2-3-9-19(18)16-28-12-6-7-13-28/h2-5,8-11,14H,6-7,12-13,15-16H2,1H3,(H,26,31). The molecule has 0 atom stereocenters. The second-order valence-corrected chi connectivity index (χ2v) is 7.80. The van der Waals surface area contributed by atoms with Crippen molar-refractivity contribution in [1.29, 1.82) is 0 Å². The van der Waals surface area contributed by atoms with Crippen molar-refractivity contribution in [3.8, 4) is 5.69 Å². The molecule has 160 valence electrons. The molecule has 1 aliphatic heterocycles. The Bertz CT molecular complexity index is 1150. The Labute approximate surface area is 180 Å². The first-order valence-electron chi connectivity index (χ1n) is 10.5. The van der Waals surface area contributed by atoms with Crippen molar-refractivity contribution in [2.75, 3.05) is 13.1 Å². The molecule has 2 aromatic carbocycles. The quantitative estimate of drug-likeness (QED) is 0.665. The monoisotopic (exact) mass is 420 g/mol. The van der Waals surface area contributed by atoms with E-state index in [2.05, 4.69) is 21.4 Å². The van der Waals surface area contributed by atoms with E-state index >= 15 is 0 Å². The van der Waals surface area contributed by atoms with Crippen LogP contribution in [0.5, 0.6) is 0 Å². The van der Waals surface area contributed by atoms with Crippen LogP contribution < -0.4 is 10.7 Å². The lowest BCUT2D eigenvalue weighted by Crippen LogP contribution is -2.32. The first-order valence-corrected chi connectivity index (χ1v) is 10.5. The molecule has 0 aliphatic carbocycles. The zero-order chi connectivity index (χ0) is 21.8. The summed E-state index contributed by atoms with van der Waals surface area (Å²) in [6.45, 7) is 4.96. The molecule has 1 saturated heterocycles. The van der Waals surface area contributed by atoms with Crippen molar-refractivity contribution in [2.45, 2.75) is 32.9 Å². The van der Waals surface area contributed by atoms with E-state index in [1.165, 1.54) is 29.7 Å². The summed E-state index contributed by atoms with van der Waals surface area (Å²) in [4.78, 5) is 27.6. The zero-order valence-corrected chi connectivity index (χ0v) is 17.5. The van der Waals surface area contributed by atoms with Gasteiger partial charge >= 0.3 is 0 Å². The molecular weight excluding hydrogens is 395 g/mol. The summed E-state index contributed by atoms with van der Waals surface area (Å²) < 4.78 is 15.5. The number of nitrogens with one attached hydrogen (secondary N) is 1. The minimum Gasteiger partial charge on any atom is -0.346 e. The van der Waals surface area contributed by atoms with Gasteiger partial charge in [-0.2, -0.15) is 5.10 Å². The second kappa shape index (κ2) is 9.22. The third-order valence-corrected chi connectivity index (χ3v) is 5.55. The van der Waals surface area contributed by atoms with Crippen LogP contribution in [-0.4, -0.2) is 33.7 Å². The van der Waals surface area contributed by atoms with Gasteiger partial charge in [-0.1, -0.05) is 36.4 Å². The maximum absolute atomic E-state index is 14.2. The van der Waals surface area contributed by atoms with Gasteiger partial charge in [0.1, 0.15) is 11.5 Å². The van der Waals surface area contributed by atoms with Gasteiger partial charge < -0.3 is 5.32 Å². The van der Waals surface area contributed by atoms with E-state index in [-0.39, 0.29) is 17.9 Å². The maximum Gasteiger partial charge on any atom is 0.276 e. The highest BCUT2D eigenvalue weighted by molar-refractivity contribution is 5.92. The molecule has 3 aromatic rings. The van der Waals surface area contributed by atoms with Gasteiger partial charge in [-0.15, -0.1) is 0 Å². The van der Waals surface area contributed by atoms with Crippen molar-refractivity contribution in [3.05, 3.63) is 93.2 Å². The summed E-state index contributed by atoms with van der Waals surface area (Å²) in [6.07, 6.45) is 2.43. The van der Waals surface area contributed by atoms with Crippen molar-refractivity contribution in [1.82, 2.24) is 20.0 Å². The van der Waals surface area contributed by atoms with Crippen LogP contribution in [0.2, 0.25) is 0 Å². The van der Waals surface area contributed by atoms with Crippen molar-refractivity contribution in [3.63, 3.8) is 0 Å². The predicted octanol–water partition coefficient (Wildman–Crippen LogP) is 3.21. The maximum atomic E-state index is 14.2. The topological polar surface area (TPSA) is 67.2 Å². The van der Waals surface area contributed by atoms with E-state index in [0.29, 0.717) is 5.69 Å². The number of para-hydroxylation sites is 1. The normalized spacial score (nSPS) is 14.0. The number of carbonyl (C=O) groups excluding carboxylic acids is 1. The van der Waals surface area contributed by atoms with Crippen LogP contribution in [0.3, 0.4) is 0 Å². The fraction of sp³-hybridized carbons (Fsp3) is 0.292. The summed E-state index contributed by atoms with van der Waals surface area (Å²) in [5.41, 5.74) is 2.04.